The first-order valence-corrected chi connectivity index (χ1v) is 9.01. The molecular weight excluding hydrogens is 322 g/mol. The Kier molecular flexibility index (Phi) is 5.80. The van der Waals surface area contributed by atoms with Crippen LogP contribution in [-0.2, 0) is 16.0 Å². The minimum absolute atomic E-state index is 0.333. The molecule has 1 heterocycles. The second-order valence-electron chi connectivity index (χ2n) is 6.44. The van der Waals surface area contributed by atoms with Gasteiger partial charge in [0.15, 0.2) is 5.70 Å². The van der Waals surface area contributed by atoms with Crippen LogP contribution in [0.4, 0.5) is 0 Å². The molecule has 132 valence electrons. The van der Waals surface area contributed by atoms with E-state index in [4.69, 9.17) is 4.74 Å². The van der Waals surface area contributed by atoms with E-state index in [1.807, 2.05) is 55.5 Å². The van der Waals surface area contributed by atoms with Crippen LogP contribution in [-0.4, -0.2) is 11.9 Å². The van der Waals surface area contributed by atoms with Gasteiger partial charge in [-0.15, -0.1) is 0 Å². The van der Waals surface area contributed by atoms with E-state index in [9.17, 15) is 4.79 Å². The molecule has 0 saturated heterocycles. The van der Waals surface area contributed by atoms with E-state index in [1.165, 1.54) is 18.4 Å². The van der Waals surface area contributed by atoms with Crippen molar-refractivity contribution >= 4 is 17.9 Å². The molecule has 3 rings (SSSR count). The number of esters is 1. The van der Waals surface area contributed by atoms with Gasteiger partial charge in [-0.2, -0.15) is 0 Å². The van der Waals surface area contributed by atoms with Crippen molar-refractivity contribution in [3.05, 3.63) is 88.6 Å². The van der Waals surface area contributed by atoms with E-state index in [0.29, 0.717) is 11.6 Å². The first-order chi connectivity index (χ1) is 12.7. The standard InChI is InChI=1S/C23H23NO2/c1-3-4-8-18-11-13-20(14-12-18)22-24-21(23(25)26-22)16-17(2)15-19-9-6-5-7-10-19/h5-7,9-16H,3-4,8H2,1-2H3/b17-15+,21-16-. The molecule has 0 radical (unpaired) electrons. The molecular formula is C23H23NO2. The molecule has 0 atom stereocenters. The molecule has 1 aliphatic rings. The lowest BCUT2D eigenvalue weighted by Crippen LogP contribution is -2.05. The van der Waals surface area contributed by atoms with Gasteiger partial charge in [-0.25, -0.2) is 9.79 Å². The first-order valence-electron chi connectivity index (χ1n) is 9.01. The number of cyclic esters (lactones) is 1. The number of nitrogens with zero attached hydrogens (tertiary/aromatic N) is 1. The van der Waals surface area contributed by atoms with Crippen LogP contribution in [0.1, 0.15) is 43.4 Å². The number of carbonyl (C=O) groups excluding carboxylic acids is 1. The summed E-state index contributed by atoms with van der Waals surface area (Å²) in [6, 6.07) is 18.1. The van der Waals surface area contributed by atoms with Crippen molar-refractivity contribution in [2.75, 3.05) is 0 Å². The van der Waals surface area contributed by atoms with Gasteiger partial charge in [-0.1, -0.05) is 61.9 Å². The van der Waals surface area contributed by atoms with E-state index in [0.717, 1.165) is 23.1 Å². The molecule has 0 aromatic heterocycles. The van der Waals surface area contributed by atoms with E-state index in [1.54, 1.807) is 6.08 Å². The number of unbranched alkanes of at least 4 members (excludes halogenated alkanes) is 1. The van der Waals surface area contributed by atoms with Crippen LogP contribution in [0.15, 0.2) is 76.9 Å². The van der Waals surface area contributed by atoms with Gasteiger partial charge in [-0.05, 0) is 54.7 Å². The van der Waals surface area contributed by atoms with Gasteiger partial charge >= 0.3 is 5.97 Å². The van der Waals surface area contributed by atoms with Crippen LogP contribution in [0.5, 0.6) is 0 Å². The summed E-state index contributed by atoms with van der Waals surface area (Å²) in [6.45, 7) is 4.13. The van der Waals surface area contributed by atoms with Crippen LogP contribution in [0.25, 0.3) is 6.08 Å². The SMILES string of the molecule is CCCCc1ccc(C2=N/C(=C\C(C)=C\c3ccccc3)C(=O)O2)cc1. The minimum atomic E-state index is -0.407. The van der Waals surface area contributed by atoms with Crippen LogP contribution < -0.4 is 0 Å². The summed E-state index contributed by atoms with van der Waals surface area (Å²) in [5.41, 5.74) is 4.48. The number of rotatable bonds is 6. The highest BCUT2D eigenvalue weighted by Crippen LogP contribution is 2.19. The van der Waals surface area contributed by atoms with Gasteiger partial charge in [0.25, 0.3) is 0 Å². The number of hydrogen-bond acceptors (Lipinski definition) is 3. The minimum Gasteiger partial charge on any atom is -0.402 e. The molecule has 0 bridgehead atoms. The second-order valence-corrected chi connectivity index (χ2v) is 6.44. The first kappa shape index (κ1) is 17.9. The Bertz CT molecular complexity index is 859. The highest BCUT2D eigenvalue weighted by atomic mass is 16.6. The molecule has 3 heteroatoms. The third kappa shape index (κ3) is 4.57. The Balaban J connectivity index is 1.77. The van der Waals surface area contributed by atoms with Gasteiger partial charge < -0.3 is 4.74 Å². The monoisotopic (exact) mass is 345 g/mol. The number of allylic oxidation sites excluding steroid dienone is 2. The molecule has 0 aliphatic carbocycles. The maximum atomic E-state index is 12.1. The molecule has 3 nitrogen and oxygen atoms in total. The number of aryl methyl sites for hydroxylation is 1. The fourth-order valence-corrected chi connectivity index (χ4v) is 2.80. The third-order valence-electron chi connectivity index (χ3n) is 4.20. The Hall–Kier alpha value is -2.94. The Morgan fingerprint density at radius 1 is 1.08 bits per heavy atom. The normalized spacial score (nSPS) is 15.9. The lowest BCUT2D eigenvalue weighted by atomic mass is 10.1. The topological polar surface area (TPSA) is 38.7 Å². The van der Waals surface area contributed by atoms with Crippen molar-refractivity contribution in [1.82, 2.24) is 0 Å². The van der Waals surface area contributed by atoms with Gasteiger partial charge in [0.05, 0.1) is 0 Å². The van der Waals surface area contributed by atoms with Crippen molar-refractivity contribution in [2.24, 2.45) is 4.99 Å². The summed E-state index contributed by atoms with van der Waals surface area (Å²) in [7, 11) is 0. The van der Waals surface area contributed by atoms with Crippen LogP contribution >= 0.6 is 0 Å². The fourth-order valence-electron chi connectivity index (χ4n) is 2.80. The van der Waals surface area contributed by atoms with Crippen molar-refractivity contribution in [3.63, 3.8) is 0 Å². The molecule has 2 aromatic rings. The summed E-state index contributed by atoms with van der Waals surface area (Å²) in [4.78, 5) is 16.5. The number of carbonyl (C=O) groups is 1. The van der Waals surface area contributed by atoms with Gasteiger partial charge in [0.2, 0.25) is 5.90 Å². The highest BCUT2D eigenvalue weighted by Gasteiger charge is 2.23. The molecule has 2 aromatic carbocycles. The number of aliphatic imine (C=N–C) groups is 1. The number of hydrogen-bond donors (Lipinski definition) is 0. The van der Waals surface area contributed by atoms with E-state index in [2.05, 4.69) is 24.0 Å². The summed E-state index contributed by atoms with van der Waals surface area (Å²) >= 11 is 0. The lowest BCUT2D eigenvalue weighted by molar-refractivity contribution is -0.130. The Morgan fingerprint density at radius 3 is 2.50 bits per heavy atom. The lowest BCUT2D eigenvalue weighted by Gasteiger charge is -2.02. The second kappa shape index (κ2) is 8.43. The van der Waals surface area contributed by atoms with Gasteiger partial charge in [-0.3, -0.25) is 0 Å². The Morgan fingerprint density at radius 2 is 1.81 bits per heavy atom. The molecule has 0 saturated carbocycles. The zero-order valence-corrected chi connectivity index (χ0v) is 15.2. The van der Waals surface area contributed by atoms with Crippen molar-refractivity contribution < 1.29 is 9.53 Å². The molecule has 0 fully saturated rings. The smallest absolute Gasteiger partial charge is 0.363 e. The van der Waals surface area contributed by atoms with Crippen molar-refractivity contribution in [1.29, 1.82) is 0 Å². The molecule has 1 aliphatic heterocycles. The summed E-state index contributed by atoms with van der Waals surface area (Å²) in [5, 5.41) is 0. The quantitative estimate of drug-likeness (QED) is 0.525. The van der Waals surface area contributed by atoms with Crippen molar-refractivity contribution in [2.45, 2.75) is 33.1 Å². The predicted molar refractivity (Wildman–Crippen MR) is 106 cm³/mol. The highest BCUT2D eigenvalue weighted by molar-refractivity contribution is 6.11. The molecule has 26 heavy (non-hydrogen) atoms. The predicted octanol–water partition coefficient (Wildman–Crippen LogP) is 5.32. The fraction of sp³-hybridized carbons (Fsp3) is 0.217. The van der Waals surface area contributed by atoms with E-state index >= 15 is 0 Å². The van der Waals surface area contributed by atoms with Crippen molar-refractivity contribution in [3.8, 4) is 0 Å². The molecule has 0 N–H and O–H groups in total. The average molecular weight is 345 g/mol. The van der Waals surface area contributed by atoms with Crippen LogP contribution in [0, 0.1) is 0 Å². The molecule has 0 unspecified atom stereocenters. The third-order valence-corrected chi connectivity index (χ3v) is 4.20. The van der Waals surface area contributed by atoms with Crippen LogP contribution in [0.3, 0.4) is 0 Å². The summed E-state index contributed by atoms with van der Waals surface area (Å²) in [6.07, 6.45) is 7.19. The number of benzene rings is 2. The summed E-state index contributed by atoms with van der Waals surface area (Å²) in [5.74, 6) is -0.0355. The maximum Gasteiger partial charge on any atom is 0.363 e. The van der Waals surface area contributed by atoms with E-state index in [-0.39, 0.29) is 0 Å². The Labute approximate surface area is 154 Å². The largest absolute Gasteiger partial charge is 0.402 e. The zero-order valence-electron chi connectivity index (χ0n) is 15.2. The summed E-state index contributed by atoms with van der Waals surface area (Å²) < 4.78 is 5.35. The van der Waals surface area contributed by atoms with E-state index < -0.39 is 5.97 Å². The van der Waals surface area contributed by atoms with Crippen LogP contribution in [0.2, 0.25) is 0 Å². The zero-order chi connectivity index (χ0) is 18.4. The average Bonchev–Trinajstić information content (AvgIpc) is 3.01. The molecule has 0 amide bonds. The molecule has 0 spiro atoms. The maximum absolute atomic E-state index is 12.1. The van der Waals surface area contributed by atoms with Gasteiger partial charge in [0.1, 0.15) is 0 Å². The number of ether oxygens (including phenoxy) is 1. The van der Waals surface area contributed by atoms with Gasteiger partial charge in [0, 0.05) is 5.56 Å².